The molecule has 0 spiro atoms. The Morgan fingerprint density at radius 3 is 2.79 bits per heavy atom. The first-order chi connectivity index (χ1) is 13.9. The second-order valence-electron chi connectivity index (χ2n) is 7.23. The smallest absolute Gasteiger partial charge is 0.240 e. The van der Waals surface area contributed by atoms with Crippen LogP contribution in [0.15, 0.2) is 59.3 Å². The van der Waals surface area contributed by atoms with E-state index in [9.17, 15) is 12.8 Å². The summed E-state index contributed by atoms with van der Waals surface area (Å²) >= 11 is 0. The van der Waals surface area contributed by atoms with Gasteiger partial charge in [0.25, 0.3) is 0 Å². The molecule has 0 bridgehead atoms. The Morgan fingerprint density at radius 2 is 2.07 bits per heavy atom. The maximum atomic E-state index is 14.1. The summed E-state index contributed by atoms with van der Waals surface area (Å²) < 4.78 is 43.7. The zero-order valence-electron chi connectivity index (χ0n) is 16.1. The van der Waals surface area contributed by atoms with E-state index < -0.39 is 10.0 Å². The second kappa shape index (κ2) is 7.70. The van der Waals surface area contributed by atoms with E-state index in [0.29, 0.717) is 11.3 Å². The number of hydrogen-bond donors (Lipinski definition) is 2. The SMILES string of the molecule is Cc1nc2c(-c3cccc(S(=O)(=O)NC4CC4)c3)cccc2n1CC(F)=CCN. The largest absolute Gasteiger partial charge is 0.327 e. The van der Waals surface area contributed by atoms with E-state index in [1.54, 1.807) is 22.8 Å². The number of sulfonamides is 1. The number of imidazole rings is 1. The fourth-order valence-electron chi connectivity index (χ4n) is 3.36. The normalized spacial score (nSPS) is 15.2. The Hall–Kier alpha value is -2.55. The summed E-state index contributed by atoms with van der Waals surface area (Å²) in [7, 11) is -3.55. The van der Waals surface area contributed by atoms with Crippen LogP contribution in [-0.2, 0) is 16.6 Å². The third-order valence-electron chi connectivity index (χ3n) is 4.97. The molecule has 0 saturated heterocycles. The van der Waals surface area contributed by atoms with Gasteiger partial charge >= 0.3 is 0 Å². The van der Waals surface area contributed by atoms with Crippen molar-refractivity contribution in [3.05, 3.63) is 60.2 Å². The van der Waals surface area contributed by atoms with Gasteiger partial charge in [-0.25, -0.2) is 22.5 Å². The summed E-state index contributed by atoms with van der Waals surface area (Å²) in [6.07, 6.45) is 3.10. The molecule has 1 aromatic heterocycles. The van der Waals surface area contributed by atoms with Gasteiger partial charge in [-0.3, -0.25) is 0 Å². The molecule has 0 radical (unpaired) electrons. The van der Waals surface area contributed by atoms with Gasteiger partial charge in [-0.15, -0.1) is 0 Å². The molecule has 3 N–H and O–H groups in total. The van der Waals surface area contributed by atoms with Gasteiger partial charge in [0.15, 0.2) is 0 Å². The summed E-state index contributed by atoms with van der Waals surface area (Å²) in [5, 5.41) is 0. The predicted octanol–water partition coefficient (Wildman–Crippen LogP) is 3.26. The number of para-hydroxylation sites is 1. The minimum absolute atomic E-state index is 0.0434. The molecular formula is C21H23FN4O2S. The number of aryl methyl sites for hydroxylation is 1. The van der Waals surface area contributed by atoms with Crippen LogP contribution in [0.3, 0.4) is 0 Å². The molecule has 0 aliphatic heterocycles. The summed E-state index contributed by atoms with van der Waals surface area (Å²) in [5.74, 6) is 0.353. The van der Waals surface area contributed by atoms with Crippen LogP contribution >= 0.6 is 0 Å². The fraction of sp³-hybridized carbons (Fsp3) is 0.286. The zero-order valence-corrected chi connectivity index (χ0v) is 16.9. The summed E-state index contributed by atoms with van der Waals surface area (Å²) in [6, 6.07) is 12.5. The number of nitrogens with zero attached hydrogens (tertiary/aromatic N) is 2. The minimum atomic E-state index is -3.55. The number of benzene rings is 2. The van der Waals surface area contributed by atoms with Gasteiger partial charge in [0.1, 0.15) is 11.7 Å². The topological polar surface area (TPSA) is 90.0 Å². The standard InChI is InChI=1S/C21H23FN4O2S/c1-14-24-21-19(6-3-7-20(21)26(14)13-16(22)10-11-23)15-4-2-5-18(12-15)29(27,28)25-17-8-9-17/h2-7,10,12,17,25H,8-9,11,13,23H2,1H3. The average molecular weight is 415 g/mol. The first-order valence-electron chi connectivity index (χ1n) is 9.52. The number of nitrogens with two attached hydrogens (primary N) is 1. The van der Waals surface area contributed by atoms with E-state index in [1.807, 2.05) is 31.2 Å². The van der Waals surface area contributed by atoms with Gasteiger partial charge in [-0.1, -0.05) is 24.3 Å². The van der Waals surface area contributed by atoms with Crippen LogP contribution in [0, 0.1) is 6.92 Å². The zero-order chi connectivity index (χ0) is 20.6. The molecule has 3 aromatic rings. The van der Waals surface area contributed by atoms with Crippen molar-refractivity contribution in [1.82, 2.24) is 14.3 Å². The summed E-state index contributed by atoms with van der Waals surface area (Å²) in [6.45, 7) is 2.02. The predicted molar refractivity (Wildman–Crippen MR) is 111 cm³/mol. The first-order valence-corrected chi connectivity index (χ1v) is 11.0. The Bertz CT molecular complexity index is 1200. The van der Waals surface area contributed by atoms with Crippen molar-refractivity contribution in [2.75, 3.05) is 6.54 Å². The molecule has 1 aliphatic rings. The lowest BCUT2D eigenvalue weighted by Crippen LogP contribution is -2.25. The summed E-state index contributed by atoms with van der Waals surface area (Å²) in [5.41, 5.74) is 8.43. The summed E-state index contributed by atoms with van der Waals surface area (Å²) in [4.78, 5) is 4.85. The van der Waals surface area contributed by atoms with Crippen molar-refractivity contribution in [3.8, 4) is 11.1 Å². The van der Waals surface area contributed by atoms with E-state index in [4.69, 9.17) is 5.73 Å². The molecule has 1 saturated carbocycles. The van der Waals surface area contributed by atoms with Gasteiger partial charge < -0.3 is 10.3 Å². The number of halogens is 1. The highest BCUT2D eigenvalue weighted by Crippen LogP contribution is 2.31. The van der Waals surface area contributed by atoms with Crippen LogP contribution in [0.5, 0.6) is 0 Å². The maximum absolute atomic E-state index is 14.1. The van der Waals surface area contributed by atoms with Crippen LogP contribution in [-0.4, -0.2) is 30.6 Å². The fourth-order valence-corrected chi connectivity index (χ4v) is 4.71. The van der Waals surface area contributed by atoms with Crippen LogP contribution in [0.1, 0.15) is 18.7 Å². The molecule has 8 heteroatoms. The minimum Gasteiger partial charge on any atom is -0.327 e. The lowest BCUT2D eigenvalue weighted by molar-refractivity contribution is 0.553. The number of nitrogens with one attached hydrogen (secondary N) is 1. The first kappa shape index (κ1) is 19.8. The molecule has 4 rings (SSSR count). The van der Waals surface area contributed by atoms with Crippen LogP contribution in [0.25, 0.3) is 22.2 Å². The Balaban J connectivity index is 1.77. The second-order valence-corrected chi connectivity index (χ2v) is 8.94. The van der Waals surface area contributed by atoms with Gasteiger partial charge in [-0.05, 0) is 49.6 Å². The van der Waals surface area contributed by atoms with Gasteiger partial charge in [0.05, 0.1) is 22.5 Å². The molecule has 2 aromatic carbocycles. The number of fused-ring (bicyclic) bond motifs is 1. The molecule has 6 nitrogen and oxygen atoms in total. The van der Waals surface area contributed by atoms with Crippen molar-refractivity contribution in [3.63, 3.8) is 0 Å². The third kappa shape index (κ3) is 4.10. The van der Waals surface area contributed by atoms with Crippen LogP contribution < -0.4 is 10.5 Å². The van der Waals surface area contributed by atoms with Gasteiger partial charge in [0, 0.05) is 18.2 Å². The number of hydrogen-bond acceptors (Lipinski definition) is 4. The highest BCUT2D eigenvalue weighted by Gasteiger charge is 2.28. The van der Waals surface area contributed by atoms with Gasteiger partial charge in [-0.2, -0.15) is 0 Å². The molecular weight excluding hydrogens is 391 g/mol. The average Bonchev–Trinajstić information content (AvgIpc) is 3.44. The number of aromatic nitrogens is 2. The van der Waals surface area contributed by atoms with E-state index in [1.165, 1.54) is 6.08 Å². The van der Waals surface area contributed by atoms with E-state index >= 15 is 0 Å². The van der Waals surface area contributed by atoms with Crippen molar-refractivity contribution >= 4 is 21.1 Å². The van der Waals surface area contributed by atoms with Crippen LogP contribution in [0.2, 0.25) is 0 Å². The molecule has 0 unspecified atom stereocenters. The Labute approximate surface area is 169 Å². The monoisotopic (exact) mass is 414 g/mol. The molecule has 1 aliphatic carbocycles. The quantitative estimate of drug-likeness (QED) is 0.621. The van der Waals surface area contributed by atoms with E-state index in [-0.39, 0.29) is 29.9 Å². The van der Waals surface area contributed by atoms with Crippen molar-refractivity contribution < 1.29 is 12.8 Å². The Morgan fingerprint density at radius 1 is 1.31 bits per heavy atom. The molecule has 0 amide bonds. The lowest BCUT2D eigenvalue weighted by Gasteiger charge is -2.09. The molecule has 29 heavy (non-hydrogen) atoms. The molecule has 1 fully saturated rings. The highest BCUT2D eigenvalue weighted by atomic mass is 32.2. The number of rotatable bonds is 7. The molecule has 1 heterocycles. The molecule has 0 atom stereocenters. The molecule has 152 valence electrons. The third-order valence-corrected chi connectivity index (χ3v) is 6.49. The van der Waals surface area contributed by atoms with Crippen LogP contribution in [0.4, 0.5) is 4.39 Å². The van der Waals surface area contributed by atoms with Gasteiger partial charge in [0.2, 0.25) is 10.0 Å². The van der Waals surface area contributed by atoms with Crippen molar-refractivity contribution in [1.29, 1.82) is 0 Å². The Kier molecular flexibility index (Phi) is 5.24. The van der Waals surface area contributed by atoms with Crippen molar-refractivity contribution in [2.24, 2.45) is 5.73 Å². The maximum Gasteiger partial charge on any atom is 0.240 e. The van der Waals surface area contributed by atoms with Crippen molar-refractivity contribution in [2.45, 2.75) is 37.2 Å². The lowest BCUT2D eigenvalue weighted by atomic mass is 10.0. The van der Waals surface area contributed by atoms with E-state index in [2.05, 4.69) is 9.71 Å². The number of allylic oxidation sites excluding steroid dienone is 1. The highest BCUT2D eigenvalue weighted by molar-refractivity contribution is 7.89. The van der Waals surface area contributed by atoms with E-state index in [0.717, 1.165) is 29.5 Å².